The minimum absolute atomic E-state index is 0.153. The molecule has 0 spiro atoms. The van der Waals surface area contributed by atoms with Crippen molar-refractivity contribution in [2.24, 2.45) is 0 Å². The summed E-state index contributed by atoms with van der Waals surface area (Å²) in [5, 5.41) is 9.07. The molecule has 0 saturated carbocycles. The van der Waals surface area contributed by atoms with E-state index in [1.165, 1.54) is 13.2 Å². The highest BCUT2D eigenvalue weighted by Gasteiger charge is 2.22. The summed E-state index contributed by atoms with van der Waals surface area (Å²) in [4.78, 5) is 3.86. The molecule has 0 fully saturated rings. The highest BCUT2D eigenvalue weighted by Crippen LogP contribution is 2.20. The van der Waals surface area contributed by atoms with Crippen molar-refractivity contribution in [1.29, 1.82) is 5.26 Å². The van der Waals surface area contributed by atoms with E-state index in [4.69, 9.17) is 5.26 Å². The number of aryl methyl sites for hydroxylation is 1. The van der Waals surface area contributed by atoms with Gasteiger partial charge in [-0.05, 0) is 6.92 Å². The first-order chi connectivity index (χ1) is 6.48. The van der Waals surface area contributed by atoms with Crippen LogP contribution in [-0.2, 0) is 10.0 Å². The van der Waals surface area contributed by atoms with Crippen LogP contribution in [0.2, 0.25) is 0 Å². The summed E-state index contributed by atoms with van der Waals surface area (Å²) in [5.74, 6) is 0. The summed E-state index contributed by atoms with van der Waals surface area (Å²) in [5.41, 5.74) is 0. The van der Waals surface area contributed by atoms with Gasteiger partial charge in [0.05, 0.1) is 17.3 Å². The van der Waals surface area contributed by atoms with Gasteiger partial charge in [-0.1, -0.05) is 0 Å². The number of sulfonamides is 1. The van der Waals surface area contributed by atoms with Gasteiger partial charge in [-0.25, -0.2) is 13.4 Å². The number of aromatic nitrogens is 1. The monoisotopic (exact) mass is 231 g/mol. The quantitative estimate of drug-likeness (QED) is 0.714. The zero-order chi connectivity index (χ0) is 10.8. The molecule has 0 bridgehead atoms. The van der Waals surface area contributed by atoms with Crippen LogP contribution in [0.1, 0.15) is 5.01 Å². The molecule has 7 heteroatoms. The van der Waals surface area contributed by atoms with E-state index in [0.717, 1.165) is 15.6 Å². The van der Waals surface area contributed by atoms with Crippen LogP contribution in [0, 0.1) is 18.3 Å². The van der Waals surface area contributed by atoms with Crippen LogP contribution in [0.15, 0.2) is 10.4 Å². The number of thiazole rings is 1. The topological polar surface area (TPSA) is 74.1 Å². The SMILES string of the molecule is Cc1ncc(S(=O)(=O)N(C)CC#N)s1. The fourth-order valence-electron chi connectivity index (χ4n) is 0.799. The predicted octanol–water partition coefficient (Wildman–Crippen LogP) is 0.596. The normalized spacial score (nSPS) is 11.6. The van der Waals surface area contributed by atoms with Crippen LogP contribution < -0.4 is 0 Å². The van der Waals surface area contributed by atoms with Gasteiger partial charge in [0.15, 0.2) is 4.21 Å². The summed E-state index contributed by atoms with van der Waals surface area (Å²) in [7, 11) is -2.14. The number of rotatable bonds is 3. The molecule has 0 N–H and O–H groups in total. The standard InChI is InChI=1S/C7H9N3O2S2/c1-6-9-5-7(13-6)14(11,12)10(2)4-3-8/h5H,4H2,1-2H3. The maximum absolute atomic E-state index is 11.7. The second kappa shape index (κ2) is 4.04. The average Bonchev–Trinajstić information content (AvgIpc) is 2.52. The van der Waals surface area contributed by atoms with Crippen LogP contribution in [0.3, 0.4) is 0 Å². The van der Waals surface area contributed by atoms with Gasteiger partial charge in [0.1, 0.15) is 6.54 Å². The Hall–Kier alpha value is -0.970. The lowest BCUT2D eigenvalue weighted by atomic mass is 10.7. The van der Waals surface area contributed by atoms with Crippen LogP contribution in [-0.4, -0.2) is 31.3 Å². The molecule has 0 radical (unpaired) electrons. The number of hydrogen-bond donors (Lipinski definition) is 0. The van der Waals surface area contributed by atoms with Gasteiger partial charge < -0.3 is 0 Å². The molecule has 76 valence electrons. The molecule has 1 aromatic heterocycles. The van der Waals surface area contributed by atoms with Gasteiger partial charge in [0.2, 0.25) is 0 Å². The van der Waals surface area contributed by atoms with Gasteiger partial charge in [0.25, 0.3) is 10.0 Å². The van der Waals surface area contributed by atoms with E-state index in [0.29, 0.717) is 5.01 Å². The van der Waals surface area contributed by atoms with Crippen molar-refractivity contribution in [3.05, 3.63) is 11.2 Å². The fourth-order valence-corrected chi connectivity index (χ4v) is 3.19. The first-order valence-corrected chi connectivity index (χ1v) is 6.00. The molecule has 1 aromatic rings. The molecule has 0 unspecified atom stereocenters. The Bertz CT molecular complexity index is 458. The zero-order valence-corrected chi connectivity index (χ0v) is 9.39. The van der Waals surface area contributed by atoms with E-state index < -0.39 is 10.0 Å². The molecule has 1 heterocycles. The van der Waals surface area contributed by atoms with E-state index in [9.17, 15) is 8.42 Å². The van der Waals surface area contributed by atoms with E-state index in [-0.39, 0.29) is 10.8 Å². The third kappa shape index (κ3) is 2.09. The van der Waals surface area contributed by atoms with Gasteiger partial charge >= 0.3 is 0 Å². The fraction of sp³-hybridized carbons (Fsp3) is 0.429. The van der Waals surface area contributed by atoms with Crippen LogP contribution >= 0.6 is 11.3 Å². The lowest BCUT2D eigenvalue weighted by Gasteiger charge is -2.10. The third-order valence-electron chi connectivity index (χ3n) is 1.56. The van der Waals surface area contributed by atoms with Crippen molar-refractivity contribution in [3.63, 3.8) is 0 Å². The summed E-state index contributed by atoms with van der Waals surface area (Å²) in [6.07, 6.45) is 1.31. The van der Waals surface area contributed by atoms with Gasteiger partial charge in [-0.15, -0.1) is 11.3 Å². The third-order valence-corrected chi connectivity index (χ3v) is 4.71. The van der Waals surface area contributed by atoms with Crippen molar-refractivity contribution in [1.82, 2.24) is 9.29 Å². The second-order valence-electron chi connectivity index (χ2n) is 2.62. The van der Waals surface area contributed by atoms with Crippen LogP contribution in [0.25, 0.3) is 0 Å². The molecule has 0 aliphatic heterocycles. The number of nitrogens with zero attached hydrogens (tertiary/aromatic N) is 3. The minimum atomic E-state index is -3.51. The van der Waals surface area contributed by atoms with Gasteiger partial charge in [0, 0.05) is 7.05 Å². The molecule has 0 aliphatic carbocycles. The number of hydrogen-bond acceptors (Lipinski definition) is 5. The lowest BCUT2D eigenvalue weighted by Crippen LogP contribution is -2.26. The van der Waals surface area contributed by atoms with Gasteiger partial charge in [-0.3, -0.25) is 0 Å². The Morgan fingerprint density at radius 3 is 2.79 bits per heavy atom. The Morgan fingerprint density at radius 2 is 2.36 bits per heavy atom. The summed E-state index contributed by atoms with van der Waals surface area (Å²) < 4.78 is 24.5. The van der Waals surface area contributed by atoms with E-state index in [2.05, 4.69) is 4.98 Å². The maximum Gasteiger partial charge on any atom is 0.254 e. The zero-order valence-electron chi connectivity index (χ0n) is 7.76. The van der Waals surface area contributed by atoms with Crippen molar-refractivity contribution >= 4 is 21.4 Å². The van der Waals surface area contributed by atoms with Crippen molar-refractivity contribution in [2.75, 3.05) is 13.6 Å². The molecular formula is C7H9N3O2S2. The van der Waals surface area contributed by atoms with Crippen LogP contribution in [0.5, 0.6) is 0 Å². The molecule has 14 heavy (non-hydrogen) atoms. The largest absolute Gasteiger partial charge is 0.254 e. The van der Waals surface area contributed by atoms with Gasteiger partial charge in [-0.2, -0.15) is 9.57 Å². The second-order valence-corrected chi connectivity index (χ2v) is 6.12. The number of nitriles is 1. The summed E-state index contributed by atoms with van der Waals surface area (Å²) >= 11 is 1.10. The predicted molar refractivity (Wildman–Crippen MR) is 52.3 cm³/mol. The van der Waals surface area contributed by atoms with E-state index in [1.807, 2.05) is 0 Å². The molecule has 0 atom stereocenters. The Balaban J connectivity index is 3.03. The molecule has 0 saturated heterocycles. The Kier molecular flexibility index (Phi) is 3.21. The molecule has 0 aromatic carbocycles. The highest BCUT2D eigenvalue weighted by atomic mass is 32.2. The molecule has 0 amide bonds. The van der Waals surface area contributed by atoms with Crippen LogP contribution in [0.4, 0.5) is 0 Å². The van der Waals surface area contributed by atoms with Crippen molar-refractivity contribution in [3.8, 4) is 6.07 Å². The lowest BCUT2D eigenvalue weighted by molar-refractivity contribution is 0.503. The van der Waals surface area contributed by atoms with Crippen molar-refractivity contribution < 1.29 is 8.42 Å². The minimum Gasteiger partial charge on any atom is -0.249 e. The molecule has 5 nitrogen and oxygen atoms in total. The highest BCUT2D eigenvalue weighted by molar-refractivity contribution is 7.91. The smallest absolute Gasteiger partial charge is 0.249 e. The average molecular weight is 231 g/mol. The molecular weight excluding hydrogens is 222 g/mol. The summed E-state index contributed by atoms with van der Waals surface area (Å²) in [6.45, 7) is 1.58. The maximum atomic E-state index is 11.7. The van der Waals surface area contributed by atoms with E-state index in [1.54, 1.807) is 13.0 Å². The Labute approximate surface area is 86.7 Å². The molecule has 1 rings (SSSR count). The molecule has 0 aliphatic rings. The first kappa shape index (κ1) is 11.1. The first-order valence-electron chi connectivity index (χ1n) is 3.74. The van der Waals surface area contributed by atoms with Crippen molar-refractivity contribution in [2.45, 2.75) is 11.1 Å². The Morgan fingerprint density at radius 1 is 1.71 bits per heavy atom. The summed E-state index contributed by atoms with van der Waals surface area (Å²) in [6, 6.07) is 1.78. The van der Waals surface area contributed by atoms with E-state index >= 15 is 0 Å².